The lowest BCUT2D eigenvalue weighted by atomic mass is 9.98. The molecule has 0 bridgehead atoms. The third kappa shape index (κ3) is 6.73. The lowest BCUT2D eigenvalue weighted by Gasteiger charge is -2.43. The third-order valence-electron chi connectivity index (χ3n) is 5.45. The Morgan fingerprint density at radius 1 is 0.735 bits per heavy atom. The molecule has 180 valence electrons. The molecule has 0 saturated carbocycles. The van der Waals surface area contributed by atoms with Gasteiger partial charge in [0.2, 0.25) is 0 Å². The molecule has 1 N–H and O–H groups in total. The molecule has 0 radical (unpaired) electrons. The molecule has 4 unspecified atom stereocenters. The van der Waals surface area contributed by atoms with E-state index in [4.69, 9.17) is 27.8 Å². The highest BCUT2D eigenvalue weighted by molar-refractivity contribution is 5.15. The Balaban J connectivity index is 1.53. The number of hydrogen-bond acceptors (Lipinski definition) is 6. The van der Waals surface area contributed by atoms with Gasteiger partial charge in [0.05, 0.1) is 30.5 Å². The zero-order valence-electron chi connectivity index (χ0n) is 22.0. The summed E-state index contributed by atoms with van der Waals surface area (Å²) < 4.78 is 54.7. The highest BCUT2D eigenvalue weighted by atomic mass is 16.7. The number of hydrogen-bond donors (Lipinski definition) is 1. The van der Waals surface area contributed by atoms with Crippen molar-refractivity contribution in [2.24, 2.45) is 0 Å². The van der Waals surface area contributed by atoms with Gasteiger partial charge < -0.3 is 28.8 Å². The Morgan fingerprint density at radius 3 is 1.71 bits per heavy atom. The lowest BCUT2D eigenvalue weighted by molar-refractivity contribution is -0.315. The average molecular weight is 468 g/mol. The smallest absolute Gasteiger partial charge is 0.186 e. The van der Waals surface area contributed by atoms with Crippen LogP contribution in [0.3, 0.4) is 0 Å². The Bertz CT molecular complexity index is 1060. The molecule has 3 aromatic rings. The summed E-state index contributed by atoms with van der Waals surface area (Å²) in [5, 5.41) is 11.3. The molecule has 1 fully saturated rings. The van der Waals surface area contributed by atoms with E-state index >= 15 is 0 Å². The van der Waals surface area contributed by atoms with Crippen molar-refractivity contribution in [1.82, 2.24) is 0 Å². The second-order valence-corrected chi connectivity index (χ2v) is 7.89. The van der Waals surface area contributed by atoms with Gasteiger partial charge in [-0.1, -0.05) is 91.0 Å². The number of ether oxygens (including phenoxy) is 5. The maximum atomic E-state index is 11.3. The van der Waals surface area contributed by atoms with Crippen LogP contribution in [0.1, 0.15) is 20.8 Å². The Kier molecular flexibility index (Phi) is 7.79. The molecule has 0 aliphatic carbocycles. The standard InChI is InChI=1S/C28H32O6/c1-30-28-27(33-19-23-15-9-4-10-16-23)26(32-18-22-13-7-3-8-14-22)25(29)24(34-28)20-31-17-21-11-5-2-6-12-21/h2-16,24-29H,17-20H2,1H3/t24-,25+,26+,27-,28?/m1/s1/i17D,18D,19D/t17?,18?,19?,24-,25+,26+,27-,28?. The molecule has 1 saturated heterocycles. The zero-order valence-corrected chi connectivity index (χ0v) is 19.0. The number of benzene rings is 3. The minimum Gasteiger partial charge on any atom is -0.387 e. The first-order valence-electron chi connectivity index (χ1n) is 12.9. The Hall–Kier alpha value is -2.58. The Labute approximate surface area is 205 Å². The van der Waals surface area contributed by atoms with Gasteiger partial charge in [0.15, 0.2) is 6.29 Å². The van der Waals surface area contributed by atoms with Gasteiger partial charge in [0, 0.05) is 7.11 Å². The van der Waals surface area contributed by atoms with Crippen molar-refractivity contribution in [1.29, 1.82) is 0 Å². The van der Waals surface area contributed by atoms with E-state index < -0.39 is 50.5 Å². The van der Waals surface area contributed by atoms with Crippen molar-refractivity contribution in [2.75, 3.05) is 13.7 Å². The van der Waals surface area contributed by atoms with Crippen LogP contribution >= 0.6 is 0 Å². The predicted molar refractivity (Wildman–Crippen MR) is 128 cm³/mol. The van der Waals surface area contributed by atoms with Crippen molar-refractivity contribution < 1.29 is 32.9 Å². The van der Waals surface area contributed by atoms with E-state index in [9.17, 15) is 5.11 Å². The van der Waals surface area contributed by atoms with Crippen LogP contribution in [0, 0.1) is 0 Å². The van der Waals surface area contributed by atoms with E-state index in [2.05, 4.69) is 0 Å². The largest absolute Gasteiger partial charge is 0.387 e. The summed E-state index contributed by atoms with van der Waals surface area (Å²) in [7, 11) is 1.43. The van der Waals surface area contributed by atoms with Gasteiger partial charge in [-0.2, -0.15) is 0 Å². The van der Waals surface area contributed by atoms with Crippen LogP contribution in [0.5, 0.6) is 0 Å². The summed E-state index contributed by atoms with van der Waals surface area (Å²) in [5.74, 6) is 0. The summed E-state index contributed by atoms with van der Waals surface area (Å²) in [5.41, 5.74) is 1.88. The first-order valence-corrected chi connectivity index (χ1v) is 11.2. The first kappa shape index (κ1) is 20.8. The van der Waals surface area contributed by atoms with Crippen LogP contribution in [-0.2, 0) is 43.4 Å². The average Bonchev–Trinajstić information content (AvgIpc) is 2.95. The van der Waals surface area contributed by atoms with Crippen molar-refractivity contribution in [3.63, 3.8) is 0 Å². The molecule has 4 rings (SSSR count). The van der Waals surface area contributed by atoms with E-state index in [1.807, 2.05) is 30.3 Å². The maximum absolute atomic E-state index is 11.3. The monoisotopic (exact) mass is 467 g/mol. The molecule has 8 atom stereocenters. The molecular formula is C28H32O6. The zero-order chi connectivity index (χ0) is 26.2. The molecule has 0 spiro atoms. The molecule has 1 heterocycles. The van der Waals surface area contributed by atoms with Crippen LogP contribution in [-0.4, -0.2) is 49.5 Å². The molecule has 1 aliphatic heterocycles. The minimum atomic E-state index is -1.28. The first-order chi connectivity index (χ1) is 18.0. The fraction of sp³-hybridized carbons (Fsp3) is 0.357. The van der Waals surface area contributed by atoms with E-state index in [-0.39, 0.29) is 6.61 Å². The molecule has 3 aromatic carbocycles. The summed E-state index contributed by atoms with van der Waals surface area (Å²) in [6.07, 6.45) is -5.31. The molecule has 6 nitrogen and oxygen atoms in total. The Morgan fingerprint density at radius 2 is 1.21 bits per heavy atom. The van der Waals surface area contributed by atoms with Gasteiger partial charge in [0.25, 0.3) is 0 Å². The highest BCUT2D eigenvalue weighted by Gasteiger charge is 2.47. The molecule has 0 aromatic heterocycles. The van der Waals surface area contributed by atoms with Crippen LogP contribution in [0.2, 0.25) is 0 Å². The summed E-state index contributed by atoms with van der Waals surface area (Å²) >= 11 is 0. The van der Waals surface area contributed by atoms with Gasteiger partial charge in [-0.25, -0.2) is 0 Å². The number of aliphatic hydroxyl groups excluding tert-OH is 1. The van der Waals surface area contributed by atoms with Crippen molar-refractivity contribution in [3.05, 3.63) is 108 Å². The fourth-order valence-corrected chi connectivity index (χ4v) is 3.67. The molecular weight excluding hydrogens is 432 g/mol. The van der Waals surface area contributed by atoms with Gasteiger partial charge in [-0.3, -0.25) is 0 Å². The summed E-state index contributed by atoms with van der Waals surface area (Å²) in [6.45, 7) is -3.32. The van der Waals surface area contributed by atoms with Crippen molar-refractivity contribution >= 4 is 0 Å². The van der Waals surface area contributed by atoms with Crippen molar-refractivity contribution in [3.8, 4) is 0 Å². The van der Waals surface area contributed by atoms with E-state index in [0.29, 0.717) is 16.7 Å². The normalized spacial score (nSPS) is 28.8. The van der Waals surface area contributed by atoms with Crippen LogP contribution < -0.4 is 0 Å². The van der Waals surface area contributed by atoms with Crippen LogP contribution in [0.4, 0.5) is 0 Å². The summed E-state index contributed by atoms with van der Waals surface area (Å²) in [6, 6.07) is 27.0. The predicted octanol–water partition coefficient (Wildman–Crippen LogP) is 4.11. The third-order valence-corrected chi connectivity index (χ3v) is 5.45. The maximum Gasteiger partial charge on any atom is 0.186 e. The van der Waals surface area contributed by atoms with Crippen LogP contribution in [0.25, 0.3) is 0 Å². The van der Waals surface area contributed by atoms with Gasteiger partial charge in [0.1, 0.15) is 24.4 Å². The lowest BCUT2D eigenvalue weighted by Crippen LogP contribution is -2.60. The minimum absolute atomic E-state index is 0.117. The highest BCUT2D eigenvalue weighted by Crippen LogP contribution is 2.28. The van der Waals surface area contributed by atoms with Crippen LogP contribution in [0.15, 0.2) is 91.0 Å². The quantitative estimate of drug-likeness (QED) is 0.458. The second-order valence-electron chi connectivity index (χ2n) is 7.89. The van der Waals surface area contributed by atoms with E-state index in [0.717, 1.165) is 0 Å². The van der Waals surface area contributed by atoms with E-state index in [1.165, 1.54) is 7.11 Å². The SMILES string of the molecule is [2H]C(OC[C@H]1OC(OC)[C@H](OC([2H])c2ccccc2)[C@@H](OC([2H])c2ccccc2)[C@H]1O)c1ccccc1. The molecule has 0 amide bonds. The van der Waals surface area contributed by atoms with Gasteiger partial charge in [-0.05, 0) is 16.7 Å². The van der Waals surface area contributed by atoms with Crippen molar-refractivity contribution in [2.45, 2.75) is 50.5 Å². The second kappa shape index (κ2) is 12.8. The van der Waals surface area contributed by atoms with Gasteiger partial charge in [-0.15, -0.1) is 0 Å². The summed E-state index contributed by atoms with van der Waals surface area (Å²) in [4.78, 5) is 0. The number of aliphatic hydroxyl groups is 1. The fourth-order valence-electron chi connectivity index (χ4n) is 3.67. The molecule has 1 aliphatic rings. The number of methoxy groups -OCH3 is 1. The topological polar surface area (TPSA) is 66.4 Å². The molecule has 34 heavy (non-hydrogen) atoms. The molecule has 6 heteroatoms. The number of rotatable bonds is 11. The van der Waals surface area contributed by atoms with E-state index in [1.54, 1.807) is 60.7 Å². The van der Waals surface area contributed by atoms with Gasteiger partial charge >= 0.3 is 0 Å².